The molecule has 0 aliphatic carbocycles. The minimum Gasteiger partial charge on any atom is -0.457 e. The standard InChI is InChI=1S/C24H22N2O3/c1-16-21(23(27)29-15-17-9-4-3-5-10-17)22(25-24(28)26(16)2)20-14-8-12-18-11-6-7-13-19(18)20/h3-14,22H,15H2,1-2H3,(H,25,28). The Hall–Kier alpha value is -3.60. The second kappa shape index (κ2) is 7.80. The molecule has 146 valence electrons. The number of nitrogens with one attached hydrogen (secondary N) is 1. The first-order valence-electron chi connectivity index (χ1n) is 9.50. The SMILES string of the molecule is CC1=C(C(=O)OCc2ccccc2)C(c2cccc3ccccc23)NC(=O)N1C. The molecule has 0 saturated heterocycles. The second-order valence-electron chi connectivity index (χ2n) is 7.07. The largest absolute Gasteiger partial charge is 0.457 e. The lowest BCUT2D eigenvalue weighted by atomic mass is 9.91. The van der Waals surface area contributed by atoms with Crippen molar-refractivity contribution in [2.75, 3.05) is 7.05 Å². The Kier molecular flexibility index (Phi) is 5.04. The summed E-state index contributed by atoms with van der Waals surface area (Å²) in [4.78, 5) is 27.0. The van der Waals surface area contributed by atoms with Gasteiger partial charge in [0.25, 0.3) is 0 Å². The molecule has 1 atom stereocenters. The topological polar surface area (TPSA) is 58.6 Å². The van der Waals surface area contributed by atoms with Gasteiger partial charge in [0.05, 0.1) is 11.6 Å². The lowest BCUT2D eigenvalue weighted by Gasteiger charge is -2.33. The van der Waals surface area contributed by atoms with Crippen molar-refractivity contribution >= 4 is 22.8 Å². The van der Waals surface area contributed by atoms with Crippen LogP contribution in [0.15, 0.2) is 84.1 Å². The average Bonchev–Trinajstić information content (AvgIpc) is 2.76. The molecule has 1 N–H and O–H groups in total. The second-order valence-corrected chi connectivity index (χ2v) is 7.07. The fourth-order valence-corrected chi connectivity index (χ4v) is 3.64. The van der Waals surface area contributed by atoms with E-state index in [0.29, 0.717) is 11.3 Å². The summed E-state index contributed by atoms with van der Waals surface area (Å²) in [6.07, 6.45) is 0. The van der Waals surface area contributed by atoms with E-state index in [1.807, 2.05) is 72.8 Å². The Bertz CT molecular complexity index is 1100. The van der Waals surface area contributed by atoms with E-state index >= 15 is 0 Å². The van der Waals surface area contributed by atoms with Crippen molar-refractivity contribution in [3.8, 4) is 0 Å². The Morgan fingerprint density at radius 2 is 1.69 bits per heavy atom. The molecule has 2 amide bonds. The third-order valence-electron chi connectivity index (χ3n) is 5.32. The number of hydrogen-bond donors (Lipinski definition) is 1. The normalized spacial score (nSPS) is 16.7. The van der Waals surface area contributed by atoms with Gasteiger partial charge in [0.15, 0.2) is 0 Å². The fourth-order valence-electron chi connectivity index (χ4n) is 3.64. The first-order valence-corrected chi connectivity index (χ1v) is 9.50. The smallest absolute Gasteiger partial charge is 0.338 e. The molecule has 0 fully saturated rings. The maximum absolute atomic E-state index is 13.1. The summed E-state index contributed by atoms with van der Waals surface area (Å²) in [5.74, 6) is -0.434. The number of amides is 2. The third kappa shape index (κ3) is 3.59. The van der Waals surface area contributed by atoms with Crippen LogP contribution in [0.2, 0.25) is 0 Å². The Morgan fingerprint density at radius 3 is 2.48 bits per heavy atom. The predicted molar refractivity (Wildman–Crippen MR) is 112 cm³/mol. The maximum atomic E-state index is 13.1. The van der Waals surface area contributed by atoms with Crippen molar-refractivity contribution in [1.29, 1.82) is 0 Å². The van der Waals surface area contributed by atoms with E-state index in [9.17, 15) is 9.59 Å². The summed E-state index contributed by atoms with van der Waals surface area (Å²) in [5.41, 5.74) is 2.81. The molecule has 29 heavy (non-hydrogen) atoms. The van der Waals surface area contributed by atoms with E-state index in [1.54, 1.807) is 14.0 Å². The first kappa shape index (κ1) is 18.7. The first-order chi connectivity index (χ1) is 14.1. The molecule has 1 aliphatic heterocycles. The number of nitrogens with zero attached hydrogens (tertiary/aromatic N) is 1. The highest BCUT2D eigenvalue weighted by molar-refractivity contribution is 5.97. The number of esters is 1. The molecule has 1 heterocycles. The quantitative estimate of drug-likeness (QED) is 0.669. The number of fused-ring (bicyclic) bond motifs is 1. The summed E-state index contributed by atoms with van der Waals surface area (Å²) in [6.45, 7) is 1.95. The van der Waals surface area contributed by atoms with Gasteiger partial charge in [-0.05, 0) is 28.8 Å². The molecule has 1 unspecified atom stereocenters. The molecule has 5 nitrogen and oxygen atoms in total. The molecule has 3 aromatic rings. The zero-order chi connectivity index (χ0) is 20.4. The van der Waals surface area contributed by atoms with Crippen LogP contribution in [-0.2, 0) is 16.1 Å². The molecule has 0 spiro atoms. The highest BCUT2D eigenvalue weighted by Gasteiger charge is 2.35. The van der Waals surface area contributed by atoms with Gasteiger partial charge in [0.1, 0.15) is 6.61 Å². The molecule has 4 rings (SSSR count). The van der Waals surface area contributed by atoms with Crippen LogP contribution < -0.4 is 5.32 Å². The van der Waals surface area contributed by atoms with Crippen LogP contribution in [0.25, 0.3) is 10.8 Å². The van der Waals surface area contributed by atoms with Gasteiger partial charge in [-0.3, -0.25) is 0 Å². The molecule has 0 aromatic heterocycles. The van der Waals surface area contributed by atoms with Crippen LogP contribution >= 0.6 is 0 Å². The van der Waals surface area contributed by atoms with Crippen LogP contribution in [0.3, 0.4) is 0 Å². The molecular formula is C24H22N2O3. The van der Waals surface area contributed by atoms with Crippen molar-refractivity contribution in [2.45, 2.75) is 19.6 Å². The number of urea groups is 1. The van der Waals surface area contributed by atoms with Crippen molar-refractivity contribution in [2.24, 2.45) is 0 Å². The van der Waals surface area contributed by atoms with Crippen LogP contribution in [0.4, 0.5) is 4.79 Å². The minimum absolute atomic E-state index is 0.177. The summed E-state index contributed by atoms with van der Waals surface area (Å²) < 4.78 is 5.61. The van der Waals surface area contributed by atoms with Gasteiger partial charge in [-0.15, -0.1) is 0 Å². The van der Waals surface area contributed by atoms with Crippen molar-refractivity contribution in [3.05, 3.63) is 95.2 Å². The van der Waals surface area contributed by atoms with Crippen molar-refractivity contribution in [1.82, 2.24) is 10.2 Å². The van der Waals surface area contributed by atoms with E-state index in [1.165, 1.54) is 4.90 Å². The highest BCUT2D eigenvalue weighted by atomic mass is 16.5. The summed E-state index contributed by atoms with van der Waals surface area (Å²) in [5, 5.41) is 5.00. The van der Waals surface area contributed by atoms with E-state index in [0.717, 1.165) is 21.9 Å². The lowest BCUT2D eigenvalue weighted by Crippen LogP contribution is -2.46. The number of carbonyl (C=O) groups excluding carboxylic acids is 2. The van der Waals surface area contributed by atoms with E-state index in [4.69, 9.17) is 4.74 Å². The van der Waals surface area contributed by atoms with Crippen LogP contribution in [0.1, 0.15) is 24.1 Å². The number of hydrogen-bond acceptors (Lipinski definition) is 3. The summed E-state index contributed by atoms with van der Waals surface area (Å²) >= 11 is 0. The fraction of sp³-hybridized carbons (Fsp3) is 0.167. The van der Waals surface area contributed by atoms with E-state index in [2.05, 4.69) is 5.32 Å². The predicted octanol–water partition coefficient (Wildman–Crippen LogP) is 4.55. The molecule has 0 radical (unpaired) electrons. The van der Waals surface area contributed by atoms with Gasteiger partial charge >= 0.3 is 12.0 Å². The Labute approximate surface area is 169 Å². The molecule has 5 heteroatoms. The van der Waals surface area contributed by atoms with Crippen LogP contribution in [0, 0.1) is 0 Å². The van der Waals surface area contributed by atoms with Gasteiger partial charge < -0.3 is 15.0 Å². The summed E-state index contributed by atoms with van der Waals surface area (Å²) in [7, 11) is 1.65. The molecule has 0 saturated carbocycles. The van der Waals surface area contributed by atoms with Crippen molar-refractivity contribution < 1.29 is 14.3 Å². The minimum atomic E-state index is -0.576. The molecule has 3 aromatic carbocycles. The number of allylic oxidation sites excluding steroid dienone is 1. The average molecular weight is 386 g/mol. The third-order valence-corrected chi connectivity index (χ3v) is 5.32. The van der Waals surface area contributed by atoms with Gasteiger partial charge in [-0.25, -0.2) is 9.59 Å². The molecular weight excluding hydrogens is 364 g/mol. The molecule has 1 aliphatic rings. The van der Waals surface area contributed by atoms with E-state index < -0.39 is 12.0 Å². The van der Waals surface area contributed by atoms with Gasteiger partial charge in [-0.2, -0.15) is 0 Å². The highest BCUT2D eigenvalue weighted by Crippen LogP contribution is 2.34. The number of rotatable bonds is 4. The number of carbonyl (C=O) groups is 2. The van der Waals surface area contributed by atoms with Crippen molar-refractivity contribution in [3.63, 3.8) is 0 Å². The van der Waals surface area contributed by atoms with Gasteiger partial charge in [0.2, 0.25) is 0 Å². The monoisotopic (exact) mass is 386 g/mol. The molecule has 0 bridgehead atoms. The zero-order valence-corrected chi connectivity index (χ0v) is 16.4. The zero-order valence-electron chi connectivity index (χ0n) is 16.4. The van der Waals surface area contributed by atoms with Crippen LogP contribution in [0.5, 0.6) is 0 Å². The Balaban J connectivity index is 1.73. The maximum Gasteiger partial charge on any atom is 0.338 e. The Morgan fingerprint density at radius 1 is 1.00 bits per heavy atom. The van der Waals surface area contributed by atoms with Gasteiger partial charge in [-0.1, -0.05) is 72.8 Å². The number of benzene rings is 3. The van der Waals surface area contributed by atoms with Crippen LogP contribution in [-0.4, -0.2) is 23.9 Å². The summed E-state index contributed by atoms with van der Waals surface area (Å²) in [6, 6.07) is 22.5. The van der Waals surface area contributed by atoms with Gasteiger partial charge in [0, 0.05) is 12.7 Å². The van der Waals surface area contributed by atoms with E-state index in [-0.39, 0.29) is 12.6 Å². The lowest BCUT2D eigenvalue weighted by molar-refractivity contribution is -0.141. The number of ether oxygens (including phenoxy) is 1.